The second-order valence-electron chi connectivity index (χ2n) is 5.68. The third-order valence-electron chi connectivity index (χ3n) is 3.82. The van der Waals surface area contributed by atoms with Gasteiger partial charge >= 0.3 is 0 Å². The third kappa shape index (κ3) is 3.83. The summed E-state index contributed by atoms with van der Waals surface area (Å²) in [6.45, 7) is 1.55. The molecule has 0 aliphatic carbocycles. The molecule has 0 bridgehead atoms. The zero-order valence-electron chi connectivity index (χ0n) is 13.4. The van der Waals surface area contributed by atoms with Crippen LogP contribution in [0.5, 0.6) is 0 Å². The van der Waals surface area contributed by atoms with E-state index in [2.05, 4.69) is 31.3 Å². The molecule has 0 saturated carbocycles. The first-order valence-electron chi connectivity index (χ1n) is 7.57. The van der Waals surface area contributed by atoms with Crippen LogP contribution in [0.15, 0.2) is 16.7 Å². The number of halogens is 5. The number of alkyl halides is 1. The van der Waals surface area contributed by atoms with E-state index in [-0.39, 0.29) is 44.9 Å². The number of fused-ring (bicyclic) bond motifs is 1. The molecule has 0 spiro atoms. The number of nitrogens with two attached hydrogens (primary N) is 1. The standard InChI is InChI=1S/C15H14BrClF3N5S/c1-6(18)9(21)4-8-11(20)12-14(22-5-7-2-3-10(19)26-7)23-15(17)24-25(12)13(8)16/h2-3,6,9H,4-5,21H2,1H3,(H,22,23,24)/t6-,9+/m0/s1. The number of hydrogen-bond donors (Lipinski definition) is 2. The second-order valence-corrected chi connectivity index (χ2v) is 7.89. The van der Waals surface area contributed by atoms with Gasteiger partial charge in [0, 0.05) is 16.5 Å². The molecule has 0 radical (unpaired) electrons. The van der Waals surface area contributed by atoms with Crippen molar-refractivity contribution < 1.29 is 13.2 Å². The maximum absolute atomic E-state index is 15.0. The van der Waals surface area contributed by atoms with Gasteiger partial charge in [0.15, 0.2) is 16.8 Å². The van der Waals surface area contributed by atoms with E-state index in [9.17, 15) is 13.2 Å². The van der Waals surface area contributed by atoms with Crippen molar-refractivity contribution in [2.24, 2.45) is 5.73 Å². The summed E-state index contributed by atoms with van der Waals surface area (Å²) in [6.07, 6.45) is -1.33. The molecule has 0 aromatic carbocycles. The minimum Gasteiger partial charge on any atom is -0.363 e. The third-order valence-corrected chi connectivity index (χ3v) is 5.67. The van der Waals surface area contributed by atoms with E-state index in [1.165, 1.54) is 17.5 Å². The molecule has 0 saturated heterocycles. The summed E-state index contributed by atoms with van der Waals surface area (Å²) in [6, 6.07) is 2.09. The van der Waals surface area contributed by atoms with E-state index < -0.39 is 18.0 Å². The van der Waals surface area contributed by atoms with Gasteiger partial charge < -0.3 is 11.1 Å². The van der Waals surface area contributed by atoms with Crippen molar-refractivity contribution in [3.8, 4) is 0 Å². The van der Waals surface area contributed by atoms with E-state index >= 15 is 0 Å². The summed E-state index contributed by atoms with van der Waals surface area (Å²) in [7, 11) is 0. The Hall–Kier alpha value is -1.36. The Labute approximate surface area is 164 Å². The Kier molecular flexibility index (Phi) is 5.75. The van der Waals surface area contributed by atoms with Gasteiger partial charge in [-0.25, -0.2) is 13.3 Å². The average molecular weight is 469 g/mol. The zero-order valence-corrected chi connectivity index (χ0v) is 16.6. The lowest BCUT2D eigenvalue weighted by atomic mass is 10.1. The minimum atomic E-state index is -1.30. The number of anilines is 1. The predicted molar refractivity (Wildman–Crippen MR) is 99.5 cm³/mol. The number of aromatic nitrogens is 3. The molecule has 0 aliphatic heterocycles. The van der Waals surface area contributed by atoms with Crippen LogP contribution in [0.25, 0.3) is 5.52 Å². The lowest BCUT2D eigenvalue weighted by Gasteiger charge is -2.11. The smallest absolute Gasteiger partial charge is 0.243 e. The first kappa shape index (κ1) is 19.4. The fourth-order valence-electron chi connectivity index (χ4n) is 2.41. The van der Waals surface area contributed by atoms with E-state index in [0.29, 0.717) is 4.88 Å². The highest BCUT2D eigenvalue weighted by atomic mass is 79.9. The normalized spacial score (nSPS) is 14.0. The van der Waals surface area contributed by atoms with Crippen molar-refractivity contribution in [3.05, 3.63) is 43.4 Å². The van der Waals surface area contributed by atoms with Crippen LogP contribution in [0, 0.1) is 10.9 Å². The van der Waals surface area contributed by atoms with Crippen LogP contribution in [-0.4, -0.2) is 26.8 Å². The van der Waals surface area contributed by atoms with Crippen LogP contribution in [0.4, 0.5) is 19.0 Å². The maximum atomic E-state index is 15.0. The quantitative estimate of drug-likeness (QED) is 0.565. The Morgan fingerprint density at radius 1 is 1.42 bits per heavy atom. The maximum Gasteiger partial charge on any atom is 0.243 e. The van der Waals surface area contributed by atoms with Gasteiger partial charge in [0.25, 0.3) is 0 Å². The van der Waals surface area contributed by atoms with Crippen LogP contribution in [-0.2, 0) is 13.0 Å². The second kappa shape index (κ2) is 7.71. The zero-order chi connectivity index (χ0) is 19.0. The van der Waals surface area contributed by atoms with E-state index in [4.69, 9.17) is 17.3 Å². The van der Waals surface area contributed by atoms with Crippen LogP contribution in [0.3, 0.4) is 0 Å². The molecule has 0 amide bonds. The van der Waals surface area contributed by atoms with Gasteiger partial charge in [-0.3, -0.25) is 0 Å². The molecule has 3 heterocycles. The molecule has 0 unspecified atom stereocenters. The van der Waals surface area contributed by atoms with Crippen molar-refractivity contribution >= 4 is 50.2 Å². The van der Waals surface area contributed by atoms with Gasteiger partial charge in [-0.1, -0.05) is 0 Å². The monoisotopic (exact) mass is 467 g/mol. The first-order chi connectivity index (χ1) is 12.3. The highest BCUT2D eigenvalue weighted by molar-refractivity contribution is 9.10. The molecule has 0 fully saturated rings. The predicted octanol–water partition coefficient (Wildman–Crippen LogP) is 4.32. The van der Waals surface area contributed by atoms with Gasteiger partial charge in [0.05, 0.1) is 6.54 Å². The molecule has 3 aromatic heterocycles. The molecule has 3 aromatic rings. The van der Waals surface area contributed by atoms with E-state index in [1.807, 2.05) is 0 Å². The summed E-state index contributed by atoms with van der Waals surface area (Å²) >= 11 is 10.2. The molecule has 140 valence electrons. The number of rotatable bonds is 6. The van der Waals surface area contributed by atoms with Crippen molar-refractivity contribution in [3.63, 3.8) is 0 Å². The van der Waals surface area contributed by atoms with Gasteiger partial charge in [-0.2, -0.15) is 9.37 Å². The topological polar surface area (TPSA) is 68.2 Å². The van der Waals surface area contributed by atoms with Crippen LogP contribution >= 0.6 is 38.9 Å². The summed E-state index contributed by atoms with van der Waals surface area (Å²) in [5.41, 5.74) is 5.96. The summed E-state index contributed by atoms with van der Waals surface area (Å²) in [5, 5.41) is 6.49. The fourth-order valence-corrected chi connectivity index (χ4v) is 3.83. The lowest BCUT2D eigenvalue weighted by Crippen LogP contribution is -2.32. The molecule has 3 N–H and O–H groups in total. The molecule has 26 heavy (non-hydrogen) atoms. The van der Waals surface area contributed by atoms with Gasteiger partial charge in [0.1, 0.15) is 16.3 Å². The highest BCUT2D eigenvalue weighted by Crippen LogP contribution is 2.32. The van der Waals surface area contributed by atoms with Gasteiger partial charge in [0.2, 0.25) is 5.28 Å². The van der Waals surface area contributed by atoms with Crippen LogP contribution < -0.4 is 11.1 Å². The van der Waals surface area contributed by atoms with Crippen molar-refractivity contribution in [2.75, 3.05) is 5.32 Å². The van der Waals surface area contributed by atoms with Crippen molar-refractivity contribution in [1.29, 1.82) is 0 Å². The minimum absolute atomic E-state index is 0.0271. The molecule has 2 atom stereocenters. The van der Waals surface area contributed by atoms with E-state index in [1.54, 1.807) is 6.07 Å². The molecular formula is C15H14BrClF3N5S. The molecule has 3 rings (SSSR count). The largest absolute Gasteiger partial charge is 0.363 e. The van der Waals surface area contributed by atoms with Gasteiger partial charge in [-0.05, 0) is 53.0 Å². The Bertz CT molecular complexity index is 945. The number of nitrogens with one attached hydrogen (secondary N) is 1. The molecule has 11 heteroatoms. The van der Waals surface area contributed by atoms with Crippen molar-refractivity contribution in [1.82, 2.24) is 14.6 Å². The summed E-state index contributed by atoms with van der Waals surface area (Å²) in [4.78, 5) is 4.72. The Morgan fingerprint density at radius 2 is 2.15 bits per heavy atom. The van der Waals surface area contributed by atoms with Crippen LogP contribution in [0.1, 0.15) is 17.4 Å². The average Bonchev–Trinajstić information content (AvgIpc) is 3.09. The van der Waals surface area contributed by atoms with E-state index in [0.717, 1.165) is 11.3 Å². The number of nitrogens with zero attached hydrogens (tertiary/aromatic N) is 3. The molecule has 0 aliphatic rings. The number of hydrogen-bond acceptors (Lipinski definition) is 5. The highest BCUT2D eigenvalue weighted by Gasteiger charge is 2.25. The molecular weight excluding hydrogens is 455 g/mol. The first-order valence-corrected chi connectivity index (χ1v) is 9.56. The Balaban J connectivity index is 2.00. The number of thiophene rings is 1. The van der Waals surface area contributed by atoms with Crippen molar-refractivity contribution in [2.45, 2.75) is 32.1 Å². The summed E-state index contributed by atoms with van der Waals surface area (Å²) < 4.78 is 43.0. The SMILES string of the molecule is C[C@H](F)[C@H](N)Cc1c(F)c2c(NCc3ccc(F)s3)nc(Cl)nn2c1Br. The lowest BCUT2D eigenvalue weighted by molar-refractivity contribution is 0.302. The van der Waals surface area contributed by atoms with Gasteiger partial charge in [-0.15, -0.1) is 16.4 Å². The Morgan fingerprint density at radius 3 is 2.77 bits per heavy atom. The van der Waals surface area contributed by atoms with Crippen LogP contribution in [0.2, 0.25) is 5.28 Å². The molecule has 5 nitrogen and oxygen atoms in total. The summed E-state index contributed by atoms with van der Waals surface area (Å²) in [5.74, 6) is -0.477. The fraction of sp³-hybridized carbons (Fsp3) is 0.333.